The normalized spacial score (nSPS) is 32.7. The first-order valence-electron chi connectivity index (χ1n) is 9.61. The Morgan fingerprint density at radius 3 is 2.15 bits per heavy atom. The minimum atomic E-state index is -0.557. The number of fused-ring (bicyclic) bond motifs is 1. The Bertz CT molecular complexity index is 781. The molecule has 1 aromatic rings. The van der Waals surface area contributed by atoms with Crippen molar-refractivity contribution in [3.05, 3.63) is 48.0 Å². The fourth-order valence-electron chi connectivity index (χ4n) is 4.77. The Labute approximate surface area is 158 Å². The molecule has 0 aromatic heterocycles. The van der Waals surface area contributed by atoms with Gasteiger partial charge in [0.1, 0.15) is 0 Å². The minimum Gasteiger partial charge on any atom is -0.463 e. The van der Waals surface area contributed by atoms with Crippen molar-refractivity contribution in [3.63, 3.8) is 0 Å². The van der Waals surface area contributed by atoms with E-state index >= 15 is 0 Å². The molecule has 5 heteroatoms. The van der Waals surface area contributed by atoms with E-state index in [-0.39, 0.29) is 36.3 Å². The van der Waals surface area contributed by atoms with E-state index in [2.05, 4.69) is 12.2 Å². The van der Waals surface area contributed by atoms with Gasteiger partial charge in [-0.1, -0.05) is 42.5 Å². The summed E-state index contributed by atoms with van der Waals surface area (Å²) in [6, 6.07) is 8.75. The SMILES string of the molecule is CC(C)OC(=O)[C@@H]1[C@H]2C=C[C@@H]([C@@H]3C[C@@H]23)[C@@H]1C(=O)OCC(=O)c1ccccc1. The third kappa shape index (κ3) is 3.31. The molecule has 4 aliphatic carbocycles. The third-order valence-corrected chi connectivity index (χ3v) is 5.99. The summed E-state index contributed by atoms with van der Waals surface area (Å²) in [6.07, 6.45) is 4.95. The van der Waals surface area contributed by atoms with Crippen LogP contribution in [0.1, 0.15) is 30.6 Å². The van der Waals surface area contributed by atoms with Gasteiger partial charge in [-0.25, -0.2) is 0 Å². The summed E-state index contributed by atoms with van der Waals surface area (Å²) in [5.41, 5.74) is 0.508. The Morgan fingerprint density at radius 2 is 1.56 bits per heavy atom. The van der Waals surface area contributed by atoms with Gasteiger partial charge in [0.25, 0.3) is 0 Å². The average Bonchev–Trinajstić information content (AvgIpc) is 3.48. The van der Waals surface area contributed by atoms with Gasteiger partial charge in [0.2, 0.25) is 0 Å². The summed E-state index contributed by atoms with van der Waals surface area (Å²) in [6.45, 7) is 3.31. The Balaban J connectivity index is 1.48. The van der Waals surface area contributed by atoms with Gasteiger partial charge in [-0.05, 0) is 43.9 Å². The van der Waals surface area contributed by atoms with Crippen LogP contribution >= 0.6 is 0 Å². The number of benzene rings is 1. The maximum absolute atomic E-state index is 12.9. The topological polar surface area (TPSA) is 69.7 Å². The predicted octanol–water partition coefficient (Wildman–Crippen LogP) is 3.05. The first kappa shape index (κ1) is 18.0. The van der Waals surface area contributed by atoms with Crippen LogP contribution in [0.15, 0.2) is 42.5 Å². The fraction of sp³-hybridized carbons (Fsp3) is 0.500. The highest BCUT2D eigenvalue weighted by Crippen LogP contribution is 2.63. The van der Waals surface area contributed by atoms with E-state index in [1.54, 1.807) is 38.1 Å². The van der Waals surface area contributed by atoms with Gasteiger partial charge in [0.05, 0.1) is 17.9 Å². The van der Waals surface area contributed by atoms with Crippen LogP contribution in [-0.2, 0) is 19.1 Å². The zero-order valence-electron chi connectivity index (χ0n) is 15.5. The molecule has 0 spiro atoms. The average molecular weight is 368 g/mol. The number of carbonyl (C=O) groups excluding carboxylic acids is 3. The van der Waals surface area contributed by atoms with Crippen LogP contribution in [0.4, 0.5) is 0 Å². The van der Waals surface area contributed by atoms with Crippen molar-refractivity contribution in [3.8, 4) is 0 Å². The second kappa shape index (κ2) is 6.95. The number of allylic oxidation sites excluding steroid dienone is 2. The maximum Gasteiger partial charge on any atom is 0.310 e. The predicted molar refractivity (Wildman–Crippen MR) is 97.7 cm³/mol. The van der Waals surface area contributed by atoms with E-state index in [9.17, 15) is 14.4 Å². The highest BCUT2D eigenvalue weighted by atomic mass is 16.5. The lowest BCUT2D eigenvalue weighted by molar-refractivity contribution is -0.169. The molecular weight excluding hydrogens is 344 g/mol. The third-order valence-electron chi connectivity index (χ3n) is 5.99. The molecule has 0 saturated heterocycles. The van der Waals surface area contributed by atoms with E-state index < -0.39 is 17.8 Å². The van der Waals surface area contributed by atoms with E-state index in [1.165, 1.54) is 0 Å². The number of ether oxygens (including phenoxy) is 2. The first-order valence-corrected chi connectivity index (χ1v) is 9.61. The van der Waals surface area contributed by atoms with Crippen LogP contribution < -0.4 is 0 Å². The molecule has 0 aliphatic heterocycles. The number of Topliss-reactive ketones (excluding diaryl/α,β-unsaturated/α-hetero) is 1. The zero-order valence-corrected chi connectivity index (χ0v) is 15.5. The van der Waals surface area contributed by atoms with Crippen LogP contribution in [0, 0.1) is 35.5 Å². The Morgan fingerprint density at radius 1 is 0.963 bits per heavy atom. The molecule has 27 heavy (non-hydrogen) atoms. The summed E-state index contributed by atoms with van der Waals surface area (Å²) >= 11 is 0. The van der Waals surface area contributed by atoms with Gasteiger partial charge in [-0.15, -0.1) is 0 Å². The quantitative estimate of drug-likeness (QED) is 0.438. The van der Waals surface area contributed by atoms with E-state index in [1.807, 2.05) is 6.07 Å². The largest absolute Gasteiger partial charge is 0.463 e. The fourth-order valence-corrected chi connectivity index (χ4v) is 4.77. The number of hydrogen-bond donors (Lipinski definition) is 0. The summed E-state index contributed by atoms with van der Waals surface area (Å²) < 4.78 is 10.8. The lowest BCUT2D eigenvalue weighted by Gasteiger charge is -2.41. The highest BCUT2D eigenvalue weighted by Gasteiger charge is 2.63. The van der Waals surface area contributed by atoms with E-state index in [0.29, 0.717) is 17.4 Å². The van der Waals surface area contributed by atoms with Crippen molar-refractivity contribution >= 4 is 17.7 Å². The molecule has 2 bridgehead atoms. The second-order valence-electron chi connectivity index (χ2n) is 8.04. The molecule has 1 aromatic carbocycles. The number of ketones is 1. The molecule has 4 aliphatic rings. The van der Waals surface area contributed by atoms with Crippen molar-refractivity contribution in [2.45, 2.75) is 26.4 Å². The monoisotopic (exact) mass is 368 g/mol. The molecule has 0 radical (unpaired) electrons. The highest BCUT2D eigenvalue weighted by molar-refractivity contribution is 5.98. The van der Waals surface area contributed by atoms with Crippen molar-refractivity contribution < 1.29 is 23.9 Å². The molecule has 0 unspecified atom stereocenters. The van der Waals surface area contributed by atoms with Crippen molar-refractivity contribution in [1.29, 1.82) is 0 Å². The van der Waals surface area contributed by atoms with Crippen LogP contribution in [0.3, 0.4) is 0 Å². The van der Waals surface area contributed by atoms with Gasteiger partial charge in [-0.3, -0.25) is 14.4 Å². The summed E-state index contributed by atoms with van der Waals surface area (Å²) in [5, 5.41) is 0. The molecule has 6 atom stereocenters. The second-order valence-corrected chi connectivity index (χ2v) is 8.04. The van der Waals surface area contributed by atoms with Crippen LogP contribution in [-0.4, -0.2) is 30.4 Å². The molecular formula is C22H24O5. The lowest BCUT2D eigenvalue weighted by atomic mass is 9.62. The molecule has 2 saturated carbocycles. The molecule has 142 valence electrons. The van der Waals surface area contributed by atoms with Gasteiger partial charge in [0.15, 0.2) is 12.4 Å². The summed E-state index contributed by atoms with van der Waals surface area (Å²) in [5.74, 6) is -1.14. The molecule has 0 amide bonds. The van der Waals surface area contributed by atoms with Gasteiger partial charge in [0, 0.05) is 5.56 Å². The number of esters is 2. The first-order chi connectivity index (χ1) is 13.0. The van der Waals surface area contributed by atoms with E-state index in [4.69, 9.17) is 9.47 Å². The molecule has 5 rings (SSSR count). The number of hydrogen-bond acceptors (Lipinski definition) is 5. The zero-order chi connectivity index (χ0) is 19.1. The minimum absolute atomic E-state index is 0.00374. The lowest BCUT2D eigenvalue weighted by Crippen LogP contribution is -2.48. The summed E-state index contributed by atoms with van der Waals surface area (Å²) in [4.78, 5) is 37.8. The number of carbonyl (C=O) groups is 3. The molecule has 0 N–H and O–H groups in total. The van der Waals surface area contributed by atoms with Crippen LogP contribution in [0.25, 0.3) is 0 Å². The van der Waals surface area contributed by atoms with Crippen LogP contribution in [0.5, 0.6) is 0 Å². The maximum atomic E-state index is 12.9. The molecule has 0 heterocycles. The Kier molecular flexibility index (Phi) is 4.62. The van der Waals surface area contributed by atoms with Crippen molar-refractivity contribution in [2.75, 3.05) is 6.61 Å². The van der Waals surface area contributed by atoms with Gasteiger partial charge in [-0.2, -0.15) is 0 Å². The Hall–Kier alpha value is -2.43. The van der Waals surface area contributed by atoms with Crippen molar-refractivity contribution in [1.82, 2.24) is 0 Å². The smallest absolute Gasteiger partial charge is 0.310 e. The molecule has 2 fully saturated rings. The summed E-state index contributed by atoms with van der Waals surface area (Å²) in [7, 11) is 0. The van der Waals surface area contributed by atoms with E-state index in [0.717, 1.165) is 6.42 Å². The molecule has 5 nitrogen and oxygen atoms in total. The van der Waals surface area contributed by atoms with Gasteiger partial charge < -0.3 is 9.47 Å². The van der Waals surface area contributed by atoms with Gasteiger partial charge >= 0.3 is 11.9 Å². The van der Waals surface area contributed by atoms with Crippen LogP contribution in [0.2, 0.25) is 0 Å². The van der Waals surface area contributed by atoms with Crippen molar-refractivity contribution in [2.24, 2.45) is 35.5 Å². The standard InChI is InChI=1S/C22H24O5/c1-12(2)27-22(25)20-15-9-8-14(16-10-17(15)16)19(20)21(24)26-11-18(23)13-6-4-3-5-7-13/h3-9,12,14-17,19-20H,10-11H2,1-2H3/t14-,15-,16-,17-,19-,20+/m0/s1. The number of rotatable bonds is 6.